The number of rotatable bonds is 1. The van der Waals surface area contributed by atoms with E-state index in [1.807, 2.05) is 6.07 Å². The van der Waals surface area contributed by atoms with Gasteiger partial charge in [-0.15, -0.1) is 0 Å². The van der Waals surface area contributed by atoms with Crippen molar-refractivity contribution in [1.29, 1.82) is 5.26 Å². The second-order valence-corrected chi connectivity index (χ2v) is 4.02. The lowest BCUT2D eigenvalue weighted by Gasteiger charge is -2.11. The fourth-order valence-corrected chi connectivity index (χ4v) is 2.35. The van der Waals surface area contributed by atoms with Crippen LogP contribution in [-0.4, -0.2) is 4.98 Å². The zero-order valence-corrected chi connectivity index (χ0v) is 8.59. The molecule has 1 fully saturated rings. The van der Waals surface area contributed by atoms with Crippen LogP contribution < -0.4 is 0 Å². The van der Waals surface area contributed by atoms with Crippen molar-refractivity contribution < 1.29 is 0 Å². The Hall–Kier alpha value is -1.07. The van der Waals surface area contributed by atoms with Gasteiger partial charge in [-0.3, -0.25) is 0 Å². The lowest BCUT2D eigenvalue weighted by Crippen LogP contribution is -1.98. The van der Waals surface area contributed by atoms with Gasteiger partial charge in [0.1, 0.15) is 11.2 Å². The first-order valence-corrected chi connectivity index (χ1v) is 5.25. The number of aromatic nitrogens is 1. The highest BCUT2D eigenvalue weighted by molar-refractivity contribution is 6.30. The highest BCUT2D eigenvalue weighted by atomic mass is 35.5. The Kier molecular flexibility index (Phi) is 2.69. The lowest BCUT2D eigenvalue weighted by molar-refractivity contribution is 0.719. The average molecular weight is 207 g/mol. The Labute approximate surface area is 88.5 Å². The Bertz CT molecular complexity index is 375. The minimum atomic E-state index is 0.344. The van der Waals surface area contributed by atoms with Crippen molar-refractivity contribution in [1.82, 2.24) is 4.98 Å². The van der Waals surface area contributed by atoms with Crippen LogP contribution >= 0.6 is 11.6 Å². The summed E-state index contributed by atoms with van der Waals surface area (Å²) in [6, 6.07) is 4.08. The van der Waals surface area contributed by atoms with E-state index in [4.69, 9.17) is 16.9 Å². The summed E-state index contributed by atoms with van der Waals surface area (Å²) in [6.07, 6.45) is 6.56. The first kappa shape index (κ1) is 9.48. The topological polar surface area (TPSA) is 36.7 Å². The first-order chi connectivity index (χ1) is 6.83. The number of nitrogens with zero attached hydrogens (tertiary/aromatic N) is 2. The Morgan fingerprint density at radius 1 is 1.43 bits per heavy atom. The molecule has 0 unspecified atom stereocenters. The molecule has 0 N–H and O–H groups in total. The van der Waals surface area contributed by atoms with Gasteiger partial charge in [-0.25, -0.2) is 4.98 Å². The van der Waals surface area contributed by atoms with Crippen LogP contribution in [0.4, 0.5) is 0 Å². The van der Waals surface area contributed by atoms with Crippen LogP contribution in [0.15, 0.2) is 12.3 Å². The molecule has 0 atom stereocenters. The van der Waals surface area contributed by atoms with Crippen LogP contribution in [0.2, 0.25) is 5.15 Å². The molecule has 0 bridgehead atoms. The predicted octanol–water partition coefficient (Wildman–Crippen LogP) is 3.26. The highest BCUT2D eigenvalue weighted by Gasteiger charge is 2.21. The molecular weight excluding hydrogens is 196 g/mol. The number of hydrogen-bond donors (Lipinski definition) is 0. The van der Waals surface area contributed by atoms with Crippen molar-refractivity contribution in [2.45, 2.75) is 31.6 Å². The van der Waals surface area contributed by atoms with E-state index in [-0.39, 0.29) is 0 Å². The molecule has 2 nitrogen and oxygen atoms in total. The van der Waals surface area contributed by atoms with Gasteiger partial charge in [0.15, 0.2) is 0 Å². The maximum atomic E-state index is 8.99. The molecule has 2 rings (SSSR count). The summed E-state index contributed by atoms with van der Waals surface area (Å²) in [6.45, 7) is 0. The van der Waals surface area contributed by atoms with Crippen LogP contribution in [0, 0.1) is 11.3 Å². The van der Waals surface area contributed by atoms with Gasteiger partial charge >= 0.3 is 0 Å². The van der Waals surface area contributed by atoms with Crippen LogP contribution in [-0.2, 0) is 0 Å². The van der Waals surface area contributed by atoms with Gasteiger partial charge < -0.3 is 0 Å². The Morgan fingerprint density at radius 3 is 2.79 bits per heavy atom. The molecule has 14 heavy (non-hydrogen) atoms. The number of nitriles is 1. The summed E-state index contributed by atoms with van der Waals surface area (Å²) in [5.74, 6) is 0.519. The third-order valence-corrected chi connectivity index (χ3v) is 3.13. The molecule has 0 aliphatic heterocycles. The summed E-state index contributed by atoms with van der Waals surface area (Å²) < 4.78 is 0. The van der Waals surface area contributed by atoms with Crippen LogP contribution in [0.1, 0.15) is 42.7 Å². The molecule has 1 saturated carbocycles. The molecule has 0 amide bonds. The van der Waals surface area contributed by atoms with Crippen LogP contribution in [0.5, 0.6) is 0 Å². The van der Waals surface area contributed by atoms with E-state index in [1.54, 1.807) is 6.20 Å². The minimum absolute atomic E-state index is 0.344. The number of hydrogen-bond acceptors (Lipinski definition) is 2. The lowest BCUT2D eigenvalue weighted by atomic mass is 9.95. The highest BCUT2D eigenvalue weighted by Crippen LogP contribution is 2.36. The quantitative estimate of drug-likeness (QED) is 0.662. The zero-order chi connectivity index (χ0) is 9.97. The molecule has 72 valence electrons. The predicted molar refractivity (Wildman–Crippen MR) is 55.2 cm³/mol. The molecule has 1 aliphatic carbocycles. The molecule has 1 aliphatic rings. The van der Waals surface area contributed by atoms with Gasteiger partial charge in [0.25, 0.3) is 0 Å². The summed E-state index contributed by atoms with van der Waals surface area (Å²) >= 11 is 5.87. The first-order valence-electron chi connectivity index (χ1n) is 4.87. The molecule has 0 aromatic carbocycles. The molecule has 3 heteroatoms. The van der Waals surface area contributed by atoms with E-state index in [2.05, 4.69) is 11.1 Å². The summed E-state index contributed by atoms with van der Waals surface area (Å²) in [5.41, 5.74) is 1.66. The van der Waals surface area contributed by atoms with Crippen LogP contribution in [0.25, 0.3) is 0 Å². The Balaban J connectivity index is 2.42. The van der Waals surface area contributed by atoms with Crippen molar-refractivity contribution in [2.24, 2.45) is 0 Å². The van der Waals surface area contributed by atoms with Gasteiger partial charge in [-0.2, -0.15) is 5.26 Å². The monoisotopic (exact) mass is 206 g/mol. The third kappa shape index (κ3) is 1.60. The van der Waals surface area contributed by atoms with Crippen molar-refractivity contribution in [3.05, 3.63) is 28.5 Å². The smallest absolute Gasteiger partial charge is 0.147 e. The van der Waals surface area contributed by atoms with Gasteiger partial charge in [-0.1, -0.05) is 24.4 Å². The molecule has 0 radical (unpaired) electrons. The fraction of sp³-hybridized carbons (Fsp3) is 0.455. The minimum Gasteiger partial charge on any atom is -0.243 e. The van der Waals surface area contributed by atoms with Crippen molar-refractivity contribution in [3.63, 3.8) is 0 Å². The maximum Gasteiger partial charge on any atom is 0.147 e. The van der Waals surface area contributed by atoms with E-state index in [0.29, 0.717) is 16.6 Å². The number of pyridine rings is 1. The normalized spacial score (nSPS) is 16.9. The summed E-state index contributed by atoms with van der Waals surface area (Å²) in [7, 11) is 0. The van der Waals surface area contributed by atoms with E-state index < -0.39 is 0 Å². The van der Waals surface area contributed by atoms with E-state index in [9.17, 15) is 0 Å². The molecule has 1 heterocycles. The van der Waals surface area contributed by atoms with Crippen molar-refractivity contribution in [2.75, 3.05) is 0 Å². The van der Waals surface area contributed by atoms with Crippen molar-refractivity contribution in [3.8, 4) is 6.07 Å². The van der Waals surface area contributed by atoms with Crippen LogP contribution in [0.3, 0.4) is 0 Å². The van der Waals surface area contributed by atoms with Gasteiger partial charge in [-0.05, 0) is 30.4 Å². The molecule has 0 spiro atoms. The third-order valence-electron chi connectivity index (χ3n) is 2.84. The van der Waals surface area contributed by atoms with E-state index >= 15 is 0 Å². The average Bonchev–Trinajstić information content (AvgIpc) is 2.70. The van der Waals surface area contributed by atoms with Gasteiger partial charge in [0, 0.05) is 6.20 Å². The standard InChI is InChI=1S/C11H11ClN2/c12-11-10(7-13)9(5-6-14-11)8-3-1-2-4-8/h5-6,8H,1-4H2. The summed E-state index contributed by atoms with van der Waals surface area (Å²) in [4.78, 5) is 3.92. The van der Waals surface area contributed by atoms with Gasteiger partial charge in [0.2, 0.25) is 0 Å². The van der Waals surface area contributed by atoms with E-state index in [0.717, 1.165) is 5.56 Å². The maximum absolute atomic E-state index is 8.99. The zero-order valence-electron chi connectivity index (χ0n) is 7.83. The van der Waals surface area contributed by atoms with E-state index in [1.165, 1.54) is 25.7 Å². The molecule has 1 aromatic heterocycles. The second kappa shape index (κ2) is 3.98. The molecule has 0 saturated heterocycles. The fourth-order valence-electron chi connectivity index (χ4n) is 2.14. The molecular formula is C11H11ClN2. The Morgan fingerprint density at radius 2 is 2.14 bits per heavy atom. The SMILES string of the molecule is N#Cc1c(C2CCCC2)ccnc1Cl. The summed E-state index contributed by atoms with van der Waals surface area (Å²) in [5, 5.41) is 9.33. The van der Waals surface area contributed by atoms with Gasteiger partial charge in [0.05, 0.1) is 5.56 Å². The second-order valence-electron chi connectivity index (χ2n) is 3.66. The van der Waals surface area contributed by atoms with Crippen molar-refractivity contribution >= 4 is 11.6 Å². The largest absolute Gasteiger partial charge is 0.243 e. The molecule has 1 aromatic rings. The number of halogens is 1.